The van der Waals surface area contributed by atoms with Gasteiger partial charge < -0.3 is 25.2 Å². The minimum atomic E-state index is -0.578. The maximum atomic E-state index is 12.7. The third-order valence-corrected chi connectivity index (χ3v) is 4.98. The fourth-order valence-electron chi connectivity index (χ4n) is 3.51. The van der Waals surface area contributed by atoms with Gasteiger partial charge in [0.25, 0.3) is 0 Å². The lowest BCUT2D eigenvalue weighted by molar-refractivity contribution is -0.147. The molecule has 2 fully saturated rings. The molecule has 0 bridgehead atoms. The molecule has 8 nitrogen and oxygen atoms in total. The van der Waals surface area contributed by atoms with Crippen molar-refractivity contribution in [3.8, 4) is 5.75 Å². The van der Waals surface area contributed by atoms with E-state index in [1.54, 1.807) is 16.9 Å². The first-order valence-corrected chi connectivity index (χ1v) is 8.75. The molecule has 4 amide bonds. The molecular formula is C18H24N4O4. The summed E-state index contributed by atoms with van der Waals surface area (Å²) < 4.78 is 5.13. The first-order chi connectivity index (χ1) is 12.5. The minimum absolute atomic E-state index is 0.0398. The molecule has 1 atom stereocenters. The summed E-state index contributed by atoms with van der Waals surface area (Å²) in [6.07, 6.45) is 1.35. The van der Waals surface area contributed by atoms with Crippen LogP contribution in [0.3, 0.4) is 0 Å². The highest BCUT2D eigenvalue weighted by Crippen LogP contribution is 2.21. The number of carbonyl (C=O) groups is 3. The van der Waals surface area contributed by atoms with Crippen LogP contribution >= 0.6 is 0 Å². The summed E-state index contributed by atoms with van der Waals surface area (Å²) in [6.45, 7) is 1.97. The smallest absolute Gasteiger partial charge is 0.315 e. The Bertz CT molecular complexity index is 691. The average molecular weight is 360 g/mol. The fourth-order valence-corrected chi connectivity index (χ4v) is 3.51. The Labute approximate surface area is 152 Å². The van der Waals surface area contributed by atoms with E-state index in [4.69, 9.17) is 10.5 Å². The lowest BCUT2D eigenvalue weighted by atomic mass is 10.1. The van der Waals surface area contributed by atoms with Crippen molar-refractivity contribution < 1.29 is 19.1 Å². The SMILES string of the molecule is COc1ccc(CN2CCN(C(=O)C3CCCN3C(N)=O)CC2=O)cc1. The lowest BCUT2D eigenvalue weighted by Crippen LogP contribution is -2.56. The molecule has 2 saturated heterocycles. The predicted octanol–water partition coefficient (Wildman–Crippen LogP) is 0.409. The van der Waals surface area contributed by atoms with Crippen LogP contribution in [-0.4, -0.2) is 71.9 Å². The van der Waals surface area contributed by atoms with Crippen molar-refractivity contribution in [2.45, 2.75) is 25.4 Å². The van der Waals surface area contributed by atoms with Crippen molar-refractivity contribution in [1.29, 1.82) is 0 Å². The third-order valence-electron chi connectivity index (χ3n) is 4.98. The number of likely N-dealkylation sites (tertiary alicyclic amines) is 1. The first kappa shape index (κ1) is 18.0. The van der Waals surface area contributed by atoms with E-state index in [-0.39, 0.29) is 18.4 Å². The Morgan fingerprint density at radius 3 is 2.54 bits per heavy atom. The van der Waals surface area contributed by atoms with E-state index in [9.17, 15) is 14.4 Å². The van der Waals surface area contributed by atoms with Gasteiger partial charge in [-0.15, -0.1) is 0 Å². The molecule has 0 saturated carbocycles. The van der Waals surface area contributed by atoms with E-state index < -0.39 is 12.1 Å². The Balaban J connectivity index is 1.58. The summed E-state index contributed by atoms with van der Waals surface area (Å²) in [5.41, 5.74) is 6.35. The van der Waals surface area contributed by atoms with Gasteiger partial charge in [0.2, 0.25) is 11.8 Å². The summed E-state index contributed by atoms with van der Waals surface area (Å²) in [7, 11) is 1.61. The second-order valence-corrected chi connectivity index (χ2v) is 6.61. The van der Waals surface area contributed by atoms with Gasteiger partial charge in [0.05, 0.1) is 13.7 Å². The molecule has 8 heteroatoms. The number of primary amides is 1. The summed E-state index contributed by atoms with van der Waals surface area (Å²) >= 11 is 0. The molecule has 0 aromatic heterocycles. The van der Waals surface area contributed by atoms with E-state index in [1.807, 2.05) is 24.3 Å². The number of rotatable bonds is 4. The number of amides is 4. The fraction of sp³-hybridized carbons (Fsp3) is 0.500. The Morgan fingerprint density at radius 2 is 1.92 bits per heavy atom. The largest absolute Gasteiger partial charge is 0.497 e. The van der Waals surface area contributed by atoms with E-state index in [0.717, 1.165) is 17.7 Å². The summed E-state index contributed by atoms with van der Waals surface area (Å²) in [5, 5.41) is 0. The van der Waals surface area contributed by atoms with Crippen LogP contribution in [0.15, 0.2) is 24.3 Å². The zero-order valence-electron chi connectivity index (χ0n) is 14.9. The summed E-state index contributed by atoms with van der Waals surface area (Å²) in [4.78, 5) is 41.3. The molecule has 1 aromatic carbocycles. The molecule has 140 valence electrons. The van der Waals surface area contributed by atoms with Crippen LogP contribution in [0, 0.1) is 0 Å². The number of nitrogens with two attached hydrogens (primary N) is 1. The molecule has 2 N–H and O–H groups in total. The standard InChI is InChI=1S/C18H24N4O4/c1-26-14-6-4-13(5-7-14)11-20-9-10-21(12-16(20)23)17(24)15-3-2-8-22(15)18(19)25/h4-7,15H,2-3,8-12H2,1H3,(H2,19,25). The maximum absolute atomic E-state index is 12.7. The van der Waals surface area contributed by atoms with Gasteiger partial charge >= 0.3 is 6.03 Å². The highest BCUT2D eigenvalue weighted by atomic mass is 16.5. The van der Waals surface area contributed by atoms with E-state index >= 15 is 0 Å². The van der Waals surface area contributed by atoms with Crippen LogP contribution in [-0.2, 0) is 16.1 Å². The number of benzene rings is 1. The monoisotopic (exact) mass is 360 g/mol. The second kappa shape index (κ2) is 7.63. The Kier molecular flexibility index (Phi) is 5.29. The molecule has 1 unspecified atom stereocenters. The minimum Gasteiger partial charge on any atom is -0.497 e. The molecule has 0 radical (unpaired) electrons. The molecular weight excluding hydrogens is 336 g/mol. The topological polar surface area (TPSA) is 96.2 Å². The number of nitrogens with zero attached hydrogens (tertiary/aromatic N) is 3. The molecule has 26 heavy (non-hydrogen) atoms. The van der Waals surface area contributed by atoms with Crippen molar-refractivity contribution in [3.63, 3.8) is 0 Å². The van der Waals surface area contributed by atoms with Crippen molar-refractivity contribution in [3.05, 3.63) is 29.8 Å². The molecule has 1 aromatic rings. The molecule has 0 aliphatic carbocycles. The lowest BCUT2D eigenvalue weighted by Gasteiger charge is -2.36. The Morgan fingerprint density at radius 1 is 1.19 bits per heavy atom. The molecule has 3 rings (SSSR count). The van der Waals surface area contributed by atoms with Gasteiger partial charge in [0.1, 0.15) is 11.8 Å². The number of hydrogen-bond acceptors (Lipinski definition) is 4. The first-order valence-electron chi connectivity index (χ1n) is 8.75. The number of carbonyl (C=O) groups excluding carboxylic acids is 3. The van der Waals surface area contributed by atoms with Gasteiger partial charge in [-0.2, -0.15) is 0 Å². The van der Waals surface area contributed by atoms with Gasteiger partial charge in [0.15, 0.2) is 0 Å². The third kappa shape index (κ3) is 3.74. The summed E-state index contributed by atoms with van der Waals surface area (Å²) in [6, 6.07) is 6.45. The maximum Gasteiger partial charge on any atom is 0.315 e. The van der Waals surface area contributed by atoms with Gasteiger partial charge in [0, 0.05) is 26.2 Å². The molecule has 2 aliphatic heterocycles. The van der Waals surface area contributed by atoms with Crippen LogP contribution in [0.1, 0.15) is 18.4 Å². The van der Waals surface area contributed by atoms with Crippen molar-refractivity contribution in [1.82, 2.24) is 14.7 Å². The summed E-state index contributed by atoms with van der Waals surface area (Å²) in [5.74, 6) is 0.494. The van der Waals surface area contributed by atoms with Crippen LogP contribution in [0.4, 0.5) is 4.79 Å². The zero-order chi connectivity index (χ0) is 18.7. The van der Waals surface area contributed by atoms with Crippen LogP contribution in [0.25, 0.3) is 0 Å². The van der Waals surface area contributed by atoms with Gasteiger partial charge in [-0.05, 0) is 30.5 Å². The molecule has 0 spiro atoms. The normalized spacial score (nSPS) is 20.4. The average Bonchev–Trinajstić information content (AvgIpc) is 3.13. The van der Waals surface area contributed by atoms with Crippen LogP contribution < -0.4 is 10.5 Å². The van der Waals surface area contributed by atoms with E-state index in [2.05, 4.69) is 0 Å². The van der Waals surface area contributed by atoms with E-state index in [1.165, 1.54) is 4.90 Å². The van der Waals surface area contributed by atoms with Gasteiger partial charge in [-0.1, -0.05) is 12.1 Å². The zero-order valence-corrected chi connectivity index (χ0v) is 14.9. The van der Waals surface area contributed by atoms with Crippen LogP contribution in [0.5, 0.6) is 5.75 Å². The molecule has 2 aliphatic rings. The number of hydrogen-bond donors (Lipinski definition) is 1. The quantitative estimate of drug-likeness (QED) is 0.841. The number of methoxy groups -OCH3 is 1. The predicted molar refractivity (Wildman–Crippen MR) is 94.3 cm³/mol. The van der Waals surface area contributed by atoms with Crippen molar-refractivity contribution in [2.75, 3.05) is 33.3 Å². The van der Waals surface area contributed by atoms with Crippen molar-refractivity contribution >= 4 is 17.8 Å². The van der Waals surface area contributed by atoms with Gasteiger partial charge in [-0.3, -0.25) is 9.59 Å². The second-order valence-electron chi connectivity index (χ2n) is 6.61. The van der Waals surface area contributed by atoms with Crippen LogP contribution in [0.2, 0.25) is 0 Å². The highest BCUT2D eigenvalue weighted by Gasteiger charge is 2.38. The Hall–Kier alpha value is -2.77. The van der Waals surface area contributed by atoms with Crippen molar-refractivity contribution in [2.24, 2.45) is 5.73 Å². The number of piperazine rings is 1. The number of urea groups is 1. The number of ether oxygens (including phenoxy) is 1. The van der Waals surface area contributed by atoms with Gasteiger partial charge in [-0.25, -0.2) is 4.79 Å². The molecule has 2 heterocycles. The van der Waals surface area contributed by atoms with E-state index in [0.29, 0.717) is 32.6 Å². The highest BCUT2D eigenvalue weighted by molar-refractivity contribution is 5.91.